The summed E-state index contributed by atoms with van der Waals surface area (Å²) in [6.45, 7) is 3.79. The van der Waals surface area contributed by atoms with Crippen molar-refractivity contribution in [3.05, 3.63) is 29.8 Å². The molecule has 1 aromatic carbocycles. The fraction of sp³-hybridized carbons (Fsp3) is 0.600. The molecule has 1 saturated carbocycles. The lowest BCUT2D eigenvalue weighted by atomic mass is 9.84. The summed E-state index contributed by atoms with van der Waals surface area (Å²) in [5, 5.41) is 0. The zero-order valence-corrected chi connectivity index (χ0v) is 14.8. The van der Waals surface area contributed by atoms with Gasteiger partial charge in [-0.2, -0.15) is 4.99 Å². The molecule has 1 saturated heterocycles. The molecule has 1 amide bonds. The number of rotatable bonds is 4. The molecule has 0 radical (unpaired) electrons. The van der Waals surface area contributed by atoms with Crippen molar-refractivity contribution in [3.63, 3.8) is 0 Å². The van der Waals surface area contributed by atoms with Gasteiger partial charge in [0.25, 0.3) is 11.9 Å². The number of amides is 1. The molecule has 2 aliphatic heterocycles. The lowest BCUT2D eigenvalue weighted by Gasteiger charge is -2.22. The number of hydrogen-bond acceptors (Lipinski definition) is 4. The maximum atomic E-state index is 11.7. The van der Waals surface area contributed by atoms with E-state index in [2.05, 4.69) is 29.3 Å². The van der Waals surface area contributed by atoms with Gasteiger partial charge >= 0.3 is 0 Å². The molecule has 5 nitrogen and oxygen atoms in total. The number of carbonyl (C=O) groups is 1. The lowest BCUT2D eigenvalue weighted by Crippen LogP contribution is -2.38. The predicted molar refractivity (Wildman–Crippen MR) is 95.8 cm³/mol. The van der Waals surface area contributed by atoms with Crippen LogP contribution in [0.15, 0.2) is 29.3 Å². The van der Waals surface area contributed by atoms with Crippen molar-refractivity contribution in [3.8, 4) is 5.75 Å². The molecular formula is C20H26N2O3. The maximum absolute atomic E-state index is 11.7. The molecule has 2 heterocycles. The van der Waals surface area contributed by atoms with Crippen LogP contribution in [0.5, 0.6) is 5.75 Å². The number of amidine groups is 1. The zero-order chi connectivity index (χ0) is 17.2. The molecule has 134 valence electrons. The Morgan fingerprint density at radius 3 is 2.68 bits per heavy atom. The van der Waals surface area contributed by atoms with Crippen LogP contribution in [-0.4, -0.2) is 42.6 Å². The minimum absolute atomic E-state index is 0.0562. The van der Waals surface area contributed by atoms with E-state index in [-0.39, 0.29) is 17.9 Å². The average molecular weight is 342 g/mol. The van der Waals surface area contributed by atoms with E-state index in [1.807, 2.05) is 11.8 Å². The molecule has 1 aromatic rings. The van der Waals surface area contributed by atoms with Gasteiger partial charge in [0.15, 0.2) is 6.10 Å². The predicted octanol–water partition coefficient (Wildman–Crippen LogP) is 3.35. The largest absolute Gasteiger partial charge is 0.490 e. The topological polar surface area (TPSA) is 51.1 Å². The zero-order valence-electron chi connectivity index (χ0n) is 14.8. The highest BCUT2D eigenvalue weighted by Gasteiger charge is 2.36. The van der Waals surface area contributed by atoms with E-state index in [9.17, 15) is 4.79 Å². The quantitative estimate of drug-likeness (QED) is 0.842. The minimum atomic E-state index is -0.0916. The van der Waals surface area contributed by atoms with Crippen molar-refractivity contribution in [1.82, 2.24) is 4.90 Å². The van der Waals surface area contributed by atoms with Crippen LogP contribution in [0.3, 0.4) is 0 Å². The summed E-state index contributed by atoms with van der Waals surface area (Å²) in [5.41, 5.74) is 1.43. The highest BCUT2D eigenvalue weighted by atomic mass is 16.6. The van der Waals surface area contributed by atoms with Gasteiger partial charge < -0.3 is 14.4 Å². The van der Waals surface area contributed by atoms with E-state index < -0.39 is 0 Å². The molecule has 0 N–H and O–H groups in total. The van der Waals surface area contributed by atoms with Crippen LogP contribution in [0.4, 0.5) is 0 Å². The number of carbonyl (C=O) groups excluding carboxylic acids is 1. The summed E-state index contributed by atoms with van der Waals surface area (Å²) in [6.07, 6.45) is 6.63. The second-order valence-electron chi connectivity index (χ2n) is 7.49. The molecule has 0 bridgehead atoms. The molecule has 2 fully saturated rings. The van der Waals surface area contributed by atoms with Crippen LogP contribution in [0.2, 0.25) is 0 Å². The Morgan fingerprint density at radius 2 is 1.92 bits per heavy atom. The van der Waals surface area contributed by atoms with Crippen molar-refractivity contribution in [2.24, 2.45) is 10.9 Å². The van der Waals surface area contributed by atoms with Gasteiger partial charge in [-0.05, 0) is 36.5 Å². The molecular weight excluding hydrogens is 316 g/mol. The molecule has 0 spiro atoms. The normalized spacial score (nSPS) is 26.8. The van der Waals surface area contributed by atoms with Crippen LogP contribution in [-0.2, 0) is 9.53 Å². The van der Waals surface area contributed by atoms with Gasteiger partial charge in [0.1, 0.15) is 12.4 Å². The lowest BCUT2D eigenvalue weighted by molar-refractivity contribution is -0.122. The molecule has 3 aliphatic rings. The first-order valence-electron chi connectivity index (χ1n) is 9.46. The Kier molecular flexibility index (Phi) is 4.64. The Labute approximate surface area is 149 Å². The van der Waals surface area contributed by atoms with Gasteiger partial charge in [-0.25, -0.2) is 0 Å². The standard InChI is InChI=1S/C20H26N2O3/c1-14-11-22-12-18(25-20(22)21-19(14)23)13-24-17-9-7-16(8-10-17)15-5-3-2-4-6-15/h7-10,14-15,18H,2-6,11-13H2,1H3. The van der Waals surface area contributed by atoms with E-state index in [4.69, 9.17) is 9.47 Å². The van der Waals surface area contributed by atoms with Crippen molar-refractivity contribution in [1.29, 1.82) is 0 Å². The second-order valence-corrected chi connectivity index (χ2v) is 7.49. The smallest absolute Gasteiger partial charge is 0.295 e. The molecule has 25 heavy (non-hydrogen) atoms. The third-order valence-corrected chi connectivity index (χ3v) is 5.48. The van der Waals surface area contributed by atoms with Gasteiger partial charge in [-0.15, -0.1) is 0 Å². The summed E-state index contributed by atoms with van der Waals surface area (Å²) in [6, 6.07) is 9.00. The van der Waals surface area contributed by atoms with Gasteiger partial charge in [0, 0.05) is 6.54 Å². The molecule has 1 aliphatic carbocycles. The molecule has 5 heteroatoms. The fourth-order valence-corrected chi connectivity index (χ4v) is 4.00. The van der Waals surface area contributed by atoms with Crippen molar-refractivity contribution in [2.45, 2.75) is 51.0 Å². The van der Waals surface area contributed by atoms with Gasteiger partial charge in [0.05, 0.1) is 12.5 Å². The third-order valence-electron chi connectivity index (χ3n) is 5.48. The third kappa shape index (κ3) is 3.65. The first-order valence-corrected chi connectivity index (χ1v) is 9.46. The Hall–Kier alpha value is -2.04. The molecule has 4 rings (SSSR count). The molecule has 0 aromatic heterocycles. The van der Waals surface area contributed by atoms with E-state index in [0.717, 1.165) is 18.2 Å². The van der Waals surface area contributed by atoms with E-state index in [1.165, 1.54) is 37.7 Å². The van der Waals surface area contributed by atoms with Gasteiger partial charge in [-0.3, -0.25) is 4.79 Å². The number of ether oxygens (including phenoxy) is 2. The Balaban J connectivity index is 1.30. The Morgan fingerprint density at radius 1 is 1.16 bits per heavy atom. The monoisotopic (exact) mass is 342 g/mol. The number of benzene rings is 1. The highest BCUT2D eigenvalue weighted by Crippen LogP contribution is 2.33. The fourth-order valence-electron chi connectivity index (χ4n) is 4.00. The van der Waals surface area contributed by atoms with E-state index in [0.29, 0.717) is 19.2 Å². The summed E-state index contributed by atoms with van der Waals surface area (Å²) in [7, 11) is 0. The first kappa shape index (κ1) is 16.4. The van der Waals surface area contributed by atoms with Crippen LogP contribution < -0.4 is 4.74 Å². The van der Waals surface area contributed by atoms with Gasteiger partial charge in [0.2, 0.25) is 0 Å². The Bertz CT molecular complexity index is 649. The van der Waals surface area contributed by atoms with E-state index >= 15 is 0 Å². The molecule has 2 atom stereocenters. The highest BCUT2D eigenvalue weighted by molar-refractivity contribution is 5.94. The number of aliphatic imine (C=N–C) groups is 1. The number of hydrogen-bond donors (Lipinski definition) is 0. The maximum Gasteiger partial charge on any atom is 0.295 e. The van der Waals surface area contributed by atoms with Gasteiger partial charge in [-0.1, -0.05) is 38.3 Å². The second kappa shape index (κ2) is 7.06. The minimum Gasteiger partial charge on any atom is -0.490 e. The van der Waals surface area contributed by atoms with Crippen molar-refractivity contribution < 1.29 is 14.3 Å². The average Bonchev–Trinajstić information content (AvgIpc) is 3.03. The number of nitrogens with zero attached hydrogens (tertiary/aromatic N) is 2. The van der Waals surface area contributed by atoms with Crippen LogP contribution >= 0.6 is 0 Å². The summed E-state index contributed by atoms with van der Waals surface area (Å²) in [5.74, 6) is 1.44. The van der Waals surface area contributed by atoms with Crippen LogP contribution in [0, 0.1) is 5.92 Å². The SMILES string of the molecule is CC1CN2CC(COc3ccc(C4CCCCC4)cc3)OC2=NC1=O. The summed E-state index contributed by atoms with van der Waals surface area (Å²) >= 11 is 0. The van der Waals surface area contributed by atoms with Crippen LogP contribution in [0.25, 0.3) is 0 Å². The first-order chi connectivity index (χ1) is 12.2. The molecule has 2 unspecified atom stereocenters. The summed E-state index contributed by atoms with van der Waals surface area (Å²) < 4.78 is 11.7. The van der Waals surface area contributed by atoms with Crippen LogP contribution in [0.1, 0.15) is 50.5 Å². The van der Waals surface area contributed by atoms with E-state index in [1.54, 1.807) is 0 Å². The van der Waals surface area contributed by atoms with Crippen molar-refractivity contribution >= 4 is 11.9 Å². The summed E-state index contributed by atoms with van der Waals surface area (Å²) in [4.78, 5) is 17.7. The number of fused-ring (bicyclic) bond motifs is 1. The van der Waals surface area contributed by atoms with Crippen molar-refractivity contribution in [2.75, 3.05) is 19.7 Å².